The topological polar surface area (TPSA) is 86.4 Å². The van der Waals surface area contributed by atoms with Crippen LogP contribution in [0.15, 0.2) is 71.5 Å². The molecule has 0 saturated heterocycles. The molecule has 0 saturated carbocycles. The van der Waals surface area contributed by atoms with Crippen LogP contribution in [0.2, 0.25) is 0 Å². The summed E-state index contributed by atoms with van der Waals surface area (Å²) in [5.74, 6) is 2.69. The molecule has 1 aliphatic heterocycles. The third-order valence-electron chi connectivity index (χ3n) is 6.30. The second kappa shape index (κ2) is 10.6. The maximum Gasteiger partial charge on any atom is 0.297 e. The molecule has 0 radical (unpaired) electrons. The van der Waals surface area contributed by atoms with E-state index < -0.39 is 0 Å². The smallest absolute Gasteiger partial charge is 0.297 e. The van der Waals surface area contributed by atoms with Crippen LogP contribution in [0.1, 0.15) is 42.9 Å². The van der Waals surface area contributed by atoms with E-state index in [0.717, 1.165) is 28.9 Å². The molecule has 7 heteroatoms. The molecule has 0 bridgehead atoms. The number of aromatic nitrogens is 2. The Hall–Kier alpha value is -4.57. The molecular weight excluding hydrogens is 466 g/mol. The highest BCUT2D eigenvalue weighted by Crippen LogP contribution is 2.36. The highest BCUT2D eigenvalue weighted by Gasteiger charge is 2.20. The fourth-order valence-electron chi connectivity index (χ4n) is 4.41. The lowest BCUT2D eigenvalue weighted by Crippen LogP contribution is -2.28. The molecule has 0 atom stereocenters. The zero-order valence-electron chi connectivity index (χ0n) is 20.9. The number of nitriles is 1. The van der Waals surface area contributed by atoms with Crippen molar-refractivity contribution in [2.24, 2.45) is 0 Å². The normalized spacial score (nSPS) is 11.8. The lowest BCUT2D eigenvalue weighted by molar-refractivity contribution is 0.174. The Kier molecular flexibility index (Phi) is 6.91. The first kappa shape index (κ1) is 24.1. The van der Waals surface area contributed by atoms with Crippen molar-refractivity contribution in [3.8, 4) is 40.2 Å². The summed E-state index contributed by atoms with van der Waals surface area (Å²) in [5, 5.41) is 9.44. The molecule has 186 valence electrons. The summed E-state index contributed by atoms with van der Waals surface area (Å²) in [6.45, 7) is 4.56. The van der Waals surface area contributed by atoms with Crippen LogP contribution in [0.25, 0.3) is 11.1 Å². The number of nitrogens with zero attached hydrogens (tertiary/aromatic N) is 3. The predicted octanol–water partition coefficient (Wildman–Crippen LogP) is 5.87. The van der Waals surface area contributed by atoms with E-state index in [1.807, 2.05) is 55.5 Å². The molecule has 4 aromatic rings. The minimum atomic E-state index is -0.216. The fraction of sp³-hybridized carbons (Fsp3) is 0.233. The fourth-order valence-corrected chi connectivity index (χ4v) is 4.41. The zero-order valence-corrected chi connectivity index (χ0v) is 20.9. The molecule has 0 amide bonds. The summed E-state index contributed by atoms with van der Waals surface area (Å²) in [4.78, 5) is 18.6. The molecule has 0 aliphatic carbocycles. The minimum Gasteiger partial charge on any atom is -0.454 e. The summed E-state index contributed by atoms with van der Waals surface area (Å²) in [6.07, 6.45) is 2.11. The maximum absolute atomic E-state index is 13.8. The van der Waals surface area contributed by atoms with Gasteiger partial charge in [-0.1, -0.05) is 56.3 Å². The largest absolute Gasteiger partial charge is 0.454 e. The van der Waals surface area contributed by atoms with Gasteiger partial charge in [-0.25, -0.2) is 4.98 Å². The van der Waals surface area contributed by atoms with Crippen LogP contribution in [0.4, 0.5) is 0 Å². The lowest BCUT2D eigenvalue weighted by atomic mass is 9.99. The van der Waals surface area contributed by atoms with Gasteiger partial charge in [0.05, 0.1) is 23.9 Å². The average molecular weight is 494 g/mol. The zero-order chi connectivity index (χ0) is 25.8. The quantitative estimate of drug-likeness (QED) is 0.305. The Bertz CT molecular complexity index is 1530. The molecule has 1 aromatic heterocycles. The van der Waals surface area contributed by atoms with Gasteiger partial charge in [-0.3, -0.25) is 9.36 Å². The van der Waals surface area contributed by atoms with Crippen LogP contribution in [0.5, 0.6) is 23.0 Å². The molecule has 5 rings (SSSR count). The second-order valence-electron chi connectivity index (χ2n) is 8.77. The number of aryl methyl sites for hydroxylation is 2. The molecule has 37 heavy (non-hydrogen) atoms. The first-order valence-electron chi connectivity index (χ1n) is 12.4. The Morgan fingerprint density at radius 1 is 1.03 bits per heavy atom. The molecule has 0 N–H and O–H groups in total. The molecule has 0 spiro atoms. The summed E-state index contributed by atoms with van der Waals surface area (Å²) in [5.41, 5.74) is 3.83. The van der Waals surface area contributed by atoms with E-state index in [4.69, 9.17) is 19.2 Å². The number of benzene rings is 3. The van der Waals surface area contributed by atoms with E-state index in [0.29, 0.717) is 47.9 Å². The Morgan fingerprint density at radius 3 is 2.57 bits per heavy atom. The number of hydrogen-bond acceptors (Lipinski definition) is 6. The molecule has 2 heterocycles. The van der Waals surface area contributed by atoms with Crippen molar-refractivity contribution in [3.63, 3.8) is 0 Å². The Balaban J connectivity index is 1.49. The van der Waals surface area contributed by atoms with E-state index in [9.17, 15) is 10.1 Å². The maximum atomic E-state index is 13.8. The highest BCUT2D eigenvalue weighted by molar-refractivity contribution is 5.70. The van der Waals surface area contributed by atoms with E-state index in [2.05, 4.69) is 13.0 Å². The highest BCUT2D eigenvalue weighted by atomic mass is 16.7. The third-order valence-corrected chi connectivity index (χ3v) is 6.30. The molecule has 1 aliphatic rings. The second-order valence-corrected chi connectivity index (χ2v) is 8.77. The van der Waals surface area contributed by atoms with Gasteiger partial charge >= 0.3 is 0 Å². The van der Waals surface area contributed by atoms with Gasteiger partial charge in [0.15, 0.2) is 11.5 Å². The first-order chi connectivity index (χ1) is 18.1. The summed E-state index contributed by atoms with van der Waals surface area (Å²) < 4.78 is 18.6. The van der Waals surface area contributed by atoms with E-state index in [1.165, 1.54) is 0 Å². The van der Waals surface area contributed by atoms with Crippen LogP contribution in [-0.2, 0) is 19.4 Å². The van der Waals surface area contributed by atoms with Gasteiger partial charge in [-0.2, -0.15) is 5.26 Å². The van der Waals surface area contributed by atoms with E-state index in [-0.39, 0.29) is 18.1 Å². The van der Waals surface area contributed by atoms with Crippen LogP contribution < -0.4 is 19.8 Å². The molecule has 7 nitrogen and oxygen atoms in total. The summed E-state index contributed by atoms with van der Waals surface area (Å²) >= 11 is 0. The van der Waals surface area contributed by atoms with E-state index in [1.54, 1.807) is 22.8 Å². The van der Waals surface area contributed by atoms with Crippen molar-refractivity contribution in [2.75, 3.05) is 6.79 Å². The van der Waals surface area contributed by atoms with Gasteiger partial charge in [0.25, 0.3) is 5.56 Å². The molecule has 0 unspecified atom stereocenters. The van der Waals surface area contributed by atoms with Gasteiger partial charge in [-0.15, -0.1) is 0 Å². The monoisotopic (exact) mass is 493 g/mol. The van der Waals surface area contributed by atoms with Gasteiger partial charge in [0, 0.05) is 12.5 Å². The third kappa shape index (κ3) is 4.91. The first-order valence-corrected chi connectivity index (χ1v) is 12.4. The van der Waals surface area contributed by atoms with Crippen LogP contribution in [0, 0.1) is 11.3 Å². The van der Waals surface area contributed by atoms with Gasteiger partial charge < -0.3 is 14.2 Å². The van der Waals surface area contributed by atoms with Crippen molar-refractivity contribution in [1.82, 2.24) is 9.55 Å². The van der Waals surface area contributed by atoms with Crippen molar-refractivity contribution < 1.29 is 14.2 Å². The number of ether oxygens (including phenoxy) is 3. The molecular formula is C30H27N3O4. The molecule has 0 fully saturated rings. The lowest BCUT2D eigenvalue weighted by Gasteiger charge is -2.17. The van der Waals surface area contributed by atoms with Crippen molar-refractivity contribution in [3.05, 3.63) is 99.7 Å². The van der Waals surface area contributed by atoms with Gasteiger partial charge in [0.1, 0.15) is 11.6 Å². The Labute approximate surface area is 215 Å². The molecule has 3 aromatic carbocycles. The standard InChI is InChI=1S/C30H27N3O4/c1-3-7-28-32-25(4-2)29(37-23-14-15-26-27(16-23)36-19-35-26)30(34)33(28)18-20-10-12-21(13-11-20)24-9-6-5-8-22(24)17-31/h5-6,8-16H,3-4,7,18-19H2,1-2H3. The van der Waals surface area contributed by atoms with Crippen molar-refractivity contribution in [1.29, 1.82) is 5.26 Å². The number of fused-ring (bicyclic) bond motifs is 1. The van der Waals surface area contributed by atoms with Crippen LogP contribution in [0.3, 0.4) is 0 Å². The van der Waals surface area contributed by atoms with E-state index >= 15 is 0 Å². The predicted molar refractivity (Wildman–Crippen MR) is 140 cm³/mol. The van der Waals surface area contributed by atoms with Gasteiger partial charge in [-0.05, 0) is 47.7 Å². The summed E-state index contributed by atoms with van der Waals surface area (Å²) in [6, 6.07) is 22.9. The van der Waals surface area contributed by atoms with Crippen molar-refractivity contribution in [2.45, 2.75) is 39.7 Å². The van der Waals surface area contributed by atoms with Crippen LogP contribution in [-0.4, -0.2) is 16.3 Å². The van der Waals surface area contributed by atoms with Crippen LogP contribution >= 0.6 is 0 Å². The Morgan fingerprint density at radius 2 is 1.81 bits per heavy atom. The number of rotatable bonds is 8. The van der Waals surface area contributed by atoms with Gasteiger partial charge in [0.2, 0.25) is 12.5 Å². The average Bonchev–Trinajstić information content (AvgIpc) is 3.40. The number of hydrogen-bond donors (Lipinski definition) is 0. The van der Waals surface area contributed by atoms with Crippen molar-refractivity contribution >= 4 is 0 Å². The minimum absolute atomic E-state index is 0.167. The SMILES string of the molecule is CCCc1nc(CC)c(Oc2ccc3c(c2)OCO3)c(=O)n1Cc1ccc(-c2ccccc2C#N)cc1. The summed E-state index contributed by atoms with van der Waals surface area (Å²) in [7, 11) is 0.